The highest BCUT2D eigenvalue weighted by molar-refractivity contribution is 5.45. The lowest BCUT2D eigenvalue weighted by molar-refractivity contribution is 0.154. The van der Waals surface area contributed by atoms with Crippen LogP contribution in [0, 0.1) is 0 Å². The second kappa shape index (κ2) is 5.29. The van der Waals surface area contributed by atoms with E-state index in [1.807, 2.05) is 13.8 Å². The standard InChI is InChI=1S/C15H18N2O4/c1-10(2)17-6-5-16(15(17)19)8-12(18)11-3-4-13-14(7-11)21-9-20-13/h3-7,10,12,18H,8-9H2,1-2H3. The molecule has 1 unspecified atom stereocenters. The molecule has 0 aliphatic carbocycles. The molecule has 2 aromatic rings. The molecule has 6 heteroatoms. The molecule has 2 heterocycles. The maximum absolute atomic E-state index is 12.1. The number of aromatic nitrogens is 2. The van der Waals surface area contributed by atoms with E-state index in [9.17, 15) is 9.90 Å². The summed E-state index contributed by atoms with van der Waals surface area (Å²) in [5.41, 5.74) is 0.577. The Labute approximate surface area is 122 Å². The largest absolute Gasteiger partial charge is 0.454 e. The second-order valence-corrected chi connectivity index (χ2v) is 5.36. The van der Waals surface area contributed by atoms with Crippen molar-refractivity contribution in [3.05, 3.63) is 46.6 Å². The quantitative estimate of drug-likeness (QED) is 0.930. The number of hydrogen-bond acceptors (Lipinski definition) is 4. The molecule has 0 fully saturated rings. The summed E-state index contributed by atoms with van der Waals surface area (Å²) >= 11 is 0. The fourth-order valence-corrected chi connectivity index (χ4v) is 2.37. The van der Waals surface area contributed by atoms with Crippen LogP contribution in [0.5, 0.6) is 11.5 Å². The molecule has 21 heavy (non-hydrogen) atoms. The monoisotopic (exact) mass is 290 g/mol. The lowest BCUT2D eigenvalue weighted by Crippen LogP contribution is -2.27. The first-order valence-corrected chi connectivity index (χ1v) is 6.91. The Kier molecular flexibility index (Phi) is 3.47. The molecule has 1 aliphatic rings. The molecule has 1 aromatic carbocycles. The Balaban J connectivity index is 1.80. The Morgan fingerprint density at radius 1 is 1.24 bits per heavy atom. The first kappa shape index (κ1) is 13.8. The SMILES string of the molecule is CC(C)n1ccn(CC(O)c2ccc3c(c2)OCO3)c1=O. The van der Waals surface area contributed by atoms with Crippen molar-refractivity contribution < 1.29 is 14.6 Å². The summed E-state index contributed by atoms with van der Waals surface area (Å²) in [4.78, 5) is 12.1. The fourth-order valence-electron chi connectivity index (χ4n) is 2.37. The van der Waals surface area contributed by atoms with Crippen LogP contribution in [0.3, 0.4) is 0 Å². The molecule has 1 N–H and O–H groups in total. The van der Waals surface area contributed by atoms with Crippen LogP contribution in [-0.2, 0) is 6.54 Å². The van der Waals surface area contributed by atoms with Crippen LogP contribution >= 0.6 is 0 Å². The van der Waals surface area contributed by atoms with Crippen molar-refractivity contribution in [1.29, 1.82) is 0 Å². The Bertz CT molecular complexity index is 702. The normalized spacial score (nSPS) is 14.7. The molecule has 3 rings (SSSR count). The molecule has 1 aliphatic heterocycles. The minimum atomic E-state index is -0.778. The van der Waals surface area contributed by atoms with Gasteiger partial charge in [0.1, 0.15) is 0 Å². The van der Waals surface area contributed by atoms with Crippen LogP contribution in [0.15, 0.2) is 35.4 Å². The highest BCUT2D eigenvalue weighted by Gasteiger charge is 2.18. The van der Waals surface area contributed by atoms with Gasteiger partial charge >= 0.3 is 5.69 Å². The van der Waals surface area contributed by atoms with Gasteiger partial charge in [0.05, 0.1) is 12.6 Å². The van der Waals surface area contributed by atoms with Gasteiger partial charge in [0, 0.05) is 18.4 Å². The summed E-state index contributed by atoms with van der Waals surface area (Å²) < 4.78 is 13.7. The van der Waals surface area contributed by atoms with Crippen LogP contribution in [0.1, 0.15) is 31.6 Å². The zero-order chi connectivity index (χ0) is 15.0. The number of fused-ring (bicyclic) bond motifs is 1. The highest BCUT2D eigenvalue weighted by Crippen LogP contribution is 2.34. The van der Waals surface area contributed by atoms with Gasteiger partial charge in [0.15, 0.2) is 11.5 Å². The molecule has 1 atom stereocenters. The molecule has 0 saturated carbocycles. The van der Waals surface area contributed by atoms with E-state index in [0.29, 0.717) is 17.1 Å². The zero-order valence-electron chi connectivity index (χ0n) is 12.0. The van der Waals surface area contributed by atoms with E-state index in [1.165, 1.54) is 4.57 Å². The Morgan fingerprint density at radius 3 is 2.71 bits per heavy atom. The smallest absolute Gasteiger partial charge is 0.328 e. The maximum Gasteiger partial charge on any atom is 0.328 e. The lowest BCUT2D eigenvalue weighted by Gasteiger charge is -2.12. The van der Waals surface area contributed by atoms with Crippen LogP contribution in [0.4, 0.5) is 0 Å². The molecule has 6 nitrogen and oxygen atoms in total. The Hall–Kier alpha value is -2.21. The lowest BCUT2D eigenvalue weighted by atomic mass is 10.1. The maximum atomic E-state index is 12.1. The first-order chi connectivity index (χ1) is 10.1. The topological polar surface area (TPSA) is 65.6 Å². The predicted molar refractivity (Wildman–Crippen MR) is 76.6 cm³/mol. The molecule has 0 radical (unpaired) electrons. The van der Waals surface area contributed by atoms with E-state index in [0.717, 1.165) is 0 Å². The third kappa shape index (κ3) is 2.54. The second-order valence-electron chi connectivity index (χ2n) is 5.36. The molecule has 112 valence electrons. The number of benzene rings is 1. The summed E-state index contributed by atoms with van der Waals surface area (Å²) in [6, 6.07) is 5.39. The van der Waals surface area contributed by atoms with Crippen molar-refractivity contribution in [2.24, 2.45) is 0 Å². The van der Waals surface area contributed by atoms with Crippen molar-refractivity contribution in [3.8, 4) is 11.5 Å². The van der Waals surface area contributed by atoms with Crippen LogP contribution in [0.25, 0.3) is 0 Å². The fraction of sp³-hybridized carbons (Fsp3) is 0.400. The number of hydrogen-bond donors (Lipinski definition) is 1. The highest BCUT2D eigenvalue weighted by atomic mass is 16.7. The van der Waals surface area contributed by atoms with Gasteiger partial charge in [-0.1, -0.05) is 6.07 Å². The summed E-state index contributed by atoms with van der Waals surface area (Å²) in [5, 5.41) is 10.3. The van der Waals surface area contributed by atoms with Crippen molar-refractivity contribution >= 4 is 0 Å². The van der Waals surface area contributed by atoms with E-state index >= 15 is 0 Å². The van der Waals surface area contributed by atoms with Crippen LogP contribution in [0.2, 0.25) is 0 Å². The van der Waals surface area contributed by atoms with Gasteiger partial charge in [-0.15, -0.1) is 0 Å². The number of ether oxygens (including phenoxy) is 2. The van der Waals surface area contributed by atoms with Crippen molar-refractivity contribution in [1.82, 2.24) is 9.13 Å². The van der Waals surface area contributed by atoms with Gasteiger partial charge in [-0.2, -0.15) is 0 Å². The summed E-state index contributed by atoms with van der Waals surface area (Å²) in [6.07, 6.45) is 2.65. The first-order valence-electron chi connectivity index (χ1n) is 6.91. The van der Waals surface area contributed by atoms with Gasteiger partial charge in [-0.25, -0.2) is 4.79 Å². The minimum absolute atomic E-state index is 0.0986. The molecular weight excluding hydrogens is 272 g/mol. The molecule has 0 saturated heterocycles. The average Bonchev–Trinajstić information content (AvgIpc) is 3.05. The van der Waals surface area contributed by atoms with E-state index in [-0.39, 0.29) is 25.1 Å². The zero-order valence-corrected chi connectivity index (χ0v) is 12.0. The van der Waals surface area contributed by atoms with Crippen LogP contribution in [-0.4, -0.2) is 21.0 Å². The van der Waals surface area contributed by atoms with E-state index in [1.54, 1.807) is 35.2 Å². The Morgan fingerprint density at radius 2 is 2.00 bits per heavy atom. The third-order valence-corrected chi connectivity index (χ3v) is 3.58. The molecule has 0 amide bonds. The van der Waals surface area contributed by atoms with Gasteiger partial charge in [-0.05, 0) is 31.5 Å². The van der Waals surface area contributed by atoms with E-state index < -0.39 is 6.10 Å². The summed E-state index contributed by atoms with van der Waals surface area (Å²) in [7, 11) is 0. The van der Waals surface area contributed by atoms with Crippen molar-refractivity contribution in [3.63, 3.8) is 0 Å². The van der Waals surface area contributed by atoms with Gasteiger partial charge < -0.3 is 14.6 Å². The number of rotatable bonds is 4. The third-order valence-electron chi connectivity index (χ3n) is 3.58. The molecule has 0 spiro atoms. The van der Waals surface area contributed by atoms with Crippen molar-refractivity contribution in [2.75, 3.05) is 6.79 Å². The number of nitrogens with zero attached hydrogens (tertiary/aromatic N) is 2. The predicted octanol–water partition coefficient (Wildman–Crippen LogP) is 1.69. The van der Waals surface area contributed by atoms with Gasteiger partial charge in [-0.3, -0.25) is 9.13 Å². The van der Waals surface area contributed by atoms with Gasteiger partial charge in [0.2, 0.25) is 6.79 Å². The van der Waals surface area contributed by atoms with Crippen LogP contribution < -0.4 is 15.2 Å². The summed E-state index contributed by atoms with van der Waals surface area (Å²) in [5.74, 6) is 1.30. The number of aliphatic hydroxyl groups is 1. The van der Waals surface area contributed by atoms with Crippen molar-refractivity contribution in [2.45, 2.75) is 32.5 Å². The molecular formula is C15H18N2O4. The van der Waals surface area contributed by atoms with Gasteiger partial charge in [0.25, 0.3) is 0 Å². The van der Waals surface area contributed by atoms with E-state index in [4.69, 9.17) is 9.47 Å². The molecule has 0 bridgehead atoms. The molecule has 1 aromatic heterocycles. The summed E-state index contributed by atoms with van der Waals surface area (Å²) in [6.45, 7) is 4.30. The van der Waals surface area contributed by atoms with E-state index in [2.05, 4.69) is 0 Å². The average molecular weight is 290 g/mol. The number of imidazole rings is 1. The number of aliphatic hydroxyl groups excluding tert-OH is 1. The minimum Gasteiger partial charge on any atom is -0.454 e.